The number of nitrogens with one attached hydrogen (secondary N) is 1. The molecule has 1 aromatic carbocycles. The Kier molecular flexibility index (Phi) is 5.83. The van der Waals surface area contributed by atoms with Gasteiger partial charge in [-0.1, -0.05) is 13.0 Å². The first-order valence-corrected chi connectivity index (χ1v) is 6.75. The summed E-state index contributed by atoms with van der Waals surface area (Å²) in [6.45, 7) is 8.52. The Labute approximate surface area is 116 Å². The molecule has 0 aliphatic rings. The zero-order valence-electron chi connectivity index (χ0n) is 12.4. The summed E-state index contributed by atoms with van der Waals surface area (Å²) in [6.07, 6.45) is 1.13. The Bertz CT molecular complexity index is 429. The van der Waals surface area contributed by atoms with Crippen molar-refractivity contribution in [2.75, 3.05) is 13.7 Å². The summed E-state index contributed by atoms with van der Waals surface area (Å²) >= 11 is 0. The lowest BCUT2D eigenvalue weighted by Crippen LogP contribution is -2.31. The third-order valence-corrected chi connectivity index (χ3v) is 3.18. The number of nitrogens with two attached hydrogens (primary N) is 1. The van der Waals surface area contributed by atoms with Crippen LogP contribution in [-0.4, -0.2) is 30.4 Å². The largest absolute Gasteiger partial charge is 0.496 e. The lowest BCUT2D eigenvalue weighted by molar-refractivity contribution is 0.213. The SMILES string of the molecule is CCCN(Cc1ccc(OC)c(C(=N)N)c1)C(C)C. The van der Waals surface area contributed by atoms with Gasteiger partial charge in [0.05, 0.1) is 12.7 Å². The molecule has 0 amide bonds. The van der Waals surface area contributed by atoms with E-state index in [1.165, 1.54) is 0 Å². The van der Waals surface area contributed by atoms with Crippen LogP contribution in [0, 0.1) is 5.41 Å². The van der Waals surface area contributed by atoms with Crippen molar-refractivity contribution in [1.82, 2.24) is 4.90 Å². The second-order valence-corrected chi connectivity index (χ2v) is 5.01. The van der Waals surface area contributed by atoms with Gasteiger partial charge in [0.2, 0.25) is 0 Å². The fourth-order valence-corrected chi connectivity index (χ4v) is 2.11. The molecule has 1 rings (SSSR count). The van der Waals surface area contributed by atoms with E-state index in [-0.39, 0.29) is 5.84 Å². The highest BCUT2D eigenvalue weighted by atomic mass is 16.5. The molecule has 19 heavy (non-hydrogen) atoms. The first-order chi connectivity index (χ1) is 8.99. The van der Waals surface area contributed by atoms with E-state index < -0.39 is 0 Å². The van der Waals surface area contributed by atoms with E-state index in [1.807, 2.05) is 18.2 Å². The van der Waals surface area contributed by atoms with Gasteiger partial charge in [0.25, 0.3) is 0 Å². The average Bonchev–Trinajstić information content (AvgIpc) is 2.37. The average molecular weight is 263 g/mol. The molecule has 0 radical (unpaired) electrons. The molecule has 0 fully saturated rings. The molecule has 1 aromatic rings. The van der Waals surface area contributed by atoms with Gasteiger partial charge in [0.1, 0.15) is 11.6 Å². The van der Waals surface area contributed by atoms with Crippen molar-refractivity contribution in [3.63, 3.8) is 0 Å². The highest BCUT2D eigenvalue weighted by Crippen LogP contribution is 2.20. The molecule has 0 heterocycles. The van der Waals surface area contributed by atoms with Crippen LogP contribution in [0.1, 0.15) is 38.3 Å². The van der Waals surface area contributed by atoms with Gasteiger partial charge >= 0.3 is 0 Å². The summed E-state index contributed by atoms with van der Waals surface area (Å²) in [5.41, 5.74) is 7.43. The normalized spacial score (nSPS) is 11.1. The van der Waals surface area contributed by atoms with Gasteiger partial charge in [0, 0.05) is 12.6 Å². The van der Waals surface area contributed by atoms with E-state index in [4.69, 9.17) is 15.9 Å². The second kappa shape index (κ2) is 7.14. The number of benzene rings is 1. The summed E-state index contributed by atoms with van der Waals surface area (Å²) in [5, 5.41) is 7.61. The molecule has 0 spiro atoms. The van der Waals surface area contributed by atoms with Crippen LogP contribution in [-0.2, 0) is 6.54 Å². The van der Waals surface area contributed by atoms with Crippen LogP contribution in [0.2, 0.25) is 0 Å². The predicted molar refractivity (Wildman–Crippen MR) is 79.8 cm³/mol. The molecule has 4 heteroatoms. The molecule has 0 aliphatic heterocycles. The molecule has 3 N–H and O–H groups in total. The Hall–Kier alpha value is -1.55. The maximum Gasteiger partial charge on any atom is 0.129 e. The standard InChI is InChI=1S/C15H25N3O/c1-5-8-18(11(2)3)10-12-6-7-14(19-4)13(9-12)15(16)17/h6-7,9,11H,5,8,10H2,1-4H3,(H3,16,17). The van der Waals surface area contributed by atoms with Gasteiger partial charge in [-0.15, -0.1) is 0 Å². The summed E-state index contributed by atoms with van der Waals surface area (Å²) < 4.78 is 5.23. The minimum absolute atomic E-state index is 0.0466. The number of hydrogen-bond acceptors (Lipinski definition) is 3. The third kappa shape index (κ3) is 4.24. The minimum Gasteiger partial charge on any atom is -0.496 e. The second-order valence-electron chi connectivity index (χ2n) is 5.01. The van der Waals surface area contributed by atoms with E-state index in [2.05, 4.69) is 25.7 Å². The van der Waals surface area contributed by atoms with Crippen LogP contribution >= 0.6 is 0 Å². The number of methoxy groups -OCH3 is 1. The lowest BCUT2D eigenvalue weighted by Gasteiger charge is -2.26. The van der Waals surface area contributed by atoms with Crippen LogP contribution < -0.4 is 10.5 Å². The maximum atomic E-state index is 7.61. The molecule has 0 atom stereocenters. The van der Waals surface area contributed by atoms with E-state index in [0.29, 0.717) is 17.4 Å². The zero-order chi connectivity index (χ0) is 14.4. The van der Waals surface area contributed by atoms with Crippen molar-refractivity contribution < 1.29 is 4.74 Å². The fraction of sp³-hybridized carbons (Fsp3) is 0.533. The molecule has 0 bridgehead atoms. The van der Waals surface area contributed by atoms with Crippen LogP contribution in [0.4, 0.5) is 0 Å². The fourth-order valence-electron chi connectivity index (χ4n) is 2.11. The van der Waals surface area contributed by atoms with Crippen molar-refractivity contribution in [3.05, 3.63) is 29.3 Å². The van der Waals surface area contributed by atoms with Crippen molar-refractivity contribution in [1.29, 1.82) is 5.41 Å². The number of ether oxygens (including phenoxy) is 1. The number of nitrogen functional groups attached to an aromatic ring is 1. The molecule has 0 unspecified atom stereocenters. The van der Waals surface area contributed by atoms with Gasteiger partial charge in [-0.05, 0) is 44.5 Å². The Morgan fingerprint density at radius 2 is 2.11 bits per heavy atom. The quantitative estimate of drug-likeness (QED) is 0.587. The molecular weight excluding hydrogens is 238 g/mol. The van der Waals surface area contributed by atoms with E-state index in [0.717, 1.165) is 25.1 Å². The van der Waals surface area contributed by atoms with Crippen LogP contribution in [0.5, 0.6) is 5.75 Å². The Balaban J connectivity index is 2.95. The van der Waals surface area contributed by atoms with E-state index in [9.17, 15) is 0 Å². The zero-order valence-corrected chi connectivity index (χ0v) is 12.4. The topological polar surface area (TPSA) is 62.3 Å². The third-order valence-electron chi connectivity index (χ3n) is 3.18. The highest BCUT2D eigenvalue weighted by Gasteiger charge is 2.12. The minimum atomic E-state index is 0.0466. The molecule has 0 saturated carbocycles. The van der Waals surface area contributed by atoms with E-state index >= 15 is 0 Å². The summed E-state index contributed by atoms with van der Waals surface area (Å²) in [5.74, 6) is 0.702. The van der Waals surface area contributed by atoms with Gasteiger partial charge in [0.15, 0.2) is 0 Å². The first kappa shape index (κ1) is 15.5. The number of nitrogens with zero attached hydrogens (tertiary/aromatic N) is 1. The van der Waals surface area contributed by atoms with Gasteiger partial charge in [-0.2, -0.15) is 0 Å². The number of hydrogen-bond donors (Lipinski definition) is 2. The summed E-state index contributed by atoms with van der Waals surface area (Å²) in [6, 6.07) is 6.38. The van der Waals surface area contributed by atoms with Crippen molar-refractivity contribution in [2.24, 2.45) is 5.73 Å². The smallest absolute Gasteiger partial charge is 0.129 e. The van der Waals surface area contributed by atoms with Crippen molar-refractivity contribution >= 4 is 5.84 Å². The Morgan fingerprint density at radius 3 is 2.58 bits per heavy atom. The monoisotopic (exact) mass is 263 g/mol. The molecular formula is C15H25N3O. The van der Waals surface area contributed by atoms with Gasteiger partial charge in [-0.25, -0.2) is 0 Å². The molecule has 106 valence electrons. The van der Waals surface area contributed by atoms with Gasteiger partial charge < -0.3 is 10.5 Å². The lowest BCUT2D eigenvalue weighted by atomic mass is 10.1. The number of amidine groups is 1. The van der Waals surface area contributed by atoms with E-state index in [1.54, 1.807) is 7.11 Å². The Morgan fingerprint density at radius 1 is 1.42 bits per heavy atom. The predicted octanol–water partition coefficient (Wildman–Crippen LogP) is 2.60. The van der Waals surface area contributed by atoms with Crippen LogP contribution in [0.15, 0.2) is 18.2 Å². The molecule has 0 saturated heterocycles. The summed E-state index contributed by atoms with van der Waals surface area (Å²) in [7, 11) is 1.60. The highest BCUT2D eigenvalue weighted by molar-refractivity contribution is 5.97. The number of rotatable bonds is 7. The molecule has 0 aliphatic carbocycles. The van der Waals surface area contributed by atoms with Crippen LogP contribution in [0.3, 0.4) is 0 Å². The van der Waals surface area contributed by atoms with Crippen molar-refractivity contribution in [3.8, 4) is 5.75 Å². The van der Waals surface area contributed by atoms with Gasteiger partial charge in [-0.3, -0.25) is 10.3 Å². The van der Waals surface area contributed by atoms with Crippen molar-refractivity contribution in [2.45, 2.75) is 39.8 Å². The molecule has 4 nitrogen and oxygen atoms in total. The maximum absolute atomic E-state index is 7.61. The first-order valence-electron chi connectivity index (χ1n) is 6.75. The molecule has 0 aromatic heterocycles. The van der Waals surface area contributed by atoms with Crippen LogP contribution in [0.25, 0.3) is 0 Å². The summed E-state index contributed by atoms with van der Waals surface area (Å²) in [4.78, 5) is 2.41.